The molecule has 1 saturated heterocycles. The Labute approximate surface area is 67.3 Å². The van der Waals surface area contributed by atoms with Crippen molar-refractivity contribution in [1.82, 2.24) is 4.90 Å². The van der Waals surface area contributed by atoms with E-state index >= 15 is 0 Å². The number of carbonyl (C=O) groups is 1. The summed E-state index contributed by atoms with van der Waals surface area (Å²) >= 11 is 0. The average molecular weight is 157 g/mol. The zero-order chi connectivity index (χ0) is 8.27. The van der Waals surface area contributed by atoms with E-state index in [0.717, 1.165) is 12.8 Å². The maximum atomic E-state index is 10.8. The predicted octanol–water partition coefficient (Wildman–Crippen LogP) is 0.644. The van der Waals surface area contributed by atoms with E-state index in [1.54, 1.807) is 0 Å². The molecule has 0 radical (unpaired) electrons. The topological polar surface area (TPSA) is 29.5 Å². The first kappa shape index (κ1) is 8.53. The Morgan fingerprint density at radius 2 is 2.27 bits per heavy atom. The number of hydrogen-bond donors (Lipinski definition) is 0. The number of carbonyl (C=O) groups excluding carboxylic acids is 1. The summed E-state index contributed by atoms with van der Waals surface area (Å²) in [7, 11) is 4.04. The first-order valence-corrected chi connectivity index (χ1v) is 4.02. The third-order valence-electron chi connectivity index (χ3n) is 2.09. The van der Waals surface area contributed by atoms with Crippen molar-refractivity contribution in [3.8, 4) is 0 Å². The van der Waals surface area contributed by atoms with Crippen LogP contribution in [0, 0.1) is 0 Å². The van der Waals surface area contributed by atoms with Crippen LogP contribution in [-0.4, -0.2) is 37.6 Å². The molecule has 1 atom stereocenters. The molecule has 1 fully saturated rings. The lowest BCUT2D eigenvalue weighted by Gasteiger charge is -2.20. The van der Waals surface area contributed by atoms with Crippen LogP contribution in [0.15, 0.2) is 0 Å². The van der Waals surface area contributed by atoms with E-state index in [4.69, 9.17) is 4.74 Å². The molecule has 64 valence electrons. The second kappa shape index (κ2) is 3.72. The summed E-state index contributed by atoms with van der Waals surface area (Å²) in [6.07, 6.45) is 2.62. The van der Waals surface area contributed by atoms with Gasteiger partial charge < -0.3 is 9.64 Å². The summed E-state index contributed by atoms with van der Waals surface area (Å²) in [5.41, 5.74) is 0. The number of esters is 1. The van der Waals surface area contributed by atoms with Gasteiger partial charge in [-0.25, -0.2) is 0 Å². The molecule has 3 heteroatoms. The molecule has 0 saturated carbocycles. The first-order valence-electron chi connectivity index (χ1n) is 4.02. The third-order valence-corrected chi connectivity index (χ3v) is 2.09. The molecule has 0 amide bonds. The maximum absolute atomic E-state index is 10.8. The molecular formula is C8H15NO2. The van der Waals surface area contributed by atoms with Gasteiger partial charge >= 0.3 is 5.97 Å². The molecule has 0 aromatic heterocycles. The lowest BCUT2D eigenvalue weighted by molar-refractivity contribution is -0.143. The second-order valence-electron chi connectivity index (χ2n) is 3.19. The molecule has 1 heterocycles. The highest BCUT2D eigenvalue weighted by Gasteiger charge is 2.18. The van der Waals surface area contributed by atoms with Gasteiger partial charge in [-0.05, 0) is 26.9 Å². The molecule has 1 aliphatic rings. The highest BCUT2D eigenvalue weighted by Crippen LogP contribution is 2.11. The normalized spacial score (nSPS) is 26.5. The molecule has 0 spiro atoms. The Kier molecular flexibility index (Phi) is 2.88. The molecule has 0 aliphatic carbocycles. The van der Waals surface area contributed by atoms with Crippen molar-refractivity contribution >= 4 is 5.97 Å². The van der Waals surface area contributed by atoms with Crippen LogP contribution >= 0.6 is 0 Å². The van der Waals surface area contributed by atoms with Crippen LogP contribution in [-0.2, 0) is 9.53 Å². The molecular weight excluding hydrogens is 142 g/mol. The van der Waals surface area contributed by atoms with Gasteiger partial charge in [0, 0.05) is 12.5 Å². The van der Waals surface area contributed by atoms with Gasteiger partial charge in [0.25, 0.3) is 0 Å². The van der Waals surface area contributed by atoms with Crippen molar-refractivity contribution in [1.29, 1.82) is 0 Å². The van der Waals surface area contributed by atoms with Gasteiger partial charge in [0.2, 0.25) is 0 Å². The Balaban J connectivity index is 2.40. The van der Waals surface area contributed by atoms with E-state index in [1.807, 2.05) is 14.1 Å². The third kappa shape index (κ3) is 2.50. The van der Waals surface area contributed by atoms with E-state index in [-0.39, 0.29) is 5.97 Å². The minimum Gasteiger partial charge on any atom is -0.464 e. The largest absolute Gasteiger partial charge is 0.464 e. The number of ether oxygens (including phenoxy) is 1. The fraction of sp³-hybridized carbons (Fsp3) is 0.875. The molecule has 1 unspecified atom stereocenters. The Morgan fingerprint density at radius 1 is 1.55 bits per heavy atom. The Bertz CT molecular complexity index is 145. The van der Waals surface area contributed by atoms with Gasteiger partial charge in [-0.1, -0.05) is 0 Å². The van der Waals surface area contributed by atoms with Gasteiger partial charge in [-0.15, -0.1) is 0 Å². The van der Waals surface area contributed by atoms with Gasteiger partial charge in [0.05, 0.1) is 0 Å². The van der Waals surface area contributed by atoms with Gasteiger partial charge in [0.1, 0.15) is 6.61 Å². The molecule has 1 aliphatic heterocycles. The van der Waals surface area contributed by atoms with Crippen molar-refractivity contribution in [2.45, 2.75) is 25.3 Å². The molecule has 0 N–H and O–H groups in total. The fourth-order valence-electron chi connectivity index (χ4n) is 1.23. The van der Waals surface area contributed by atoms with Crippen molar-refractivity contribution in [3.63, 3.8) is 0 Å². The van der Waals surface area contributed by atoms with Gasteiger partial charge in [-0.2, -0.15) is 0 Å². The number of rotatable bonds is 1. The highest BCUT2D eigenvalue weighted by molar-refractivity contribution is 5.69. The van der Waals surface area contributed by atoms with Crippen LogP contribution in [0.1, 0.15) is 19.3 Å². The van der Waals surface area contributed by atoms with E-state index in [9.17, 15) is 4.79 Å². The van der Waals surface area contributed by atoms with Crippen LogP contribution in [0.3, 0.4) is 0 Å². The van der Waals surface area contributed by atoms with Crippen molar-refractivity contribution in [2.75, 3.05) is 20.7 Å². The SMILES string of the molecule is CN(C)C1CCCC(=O)OC1. The second-order valence-corrected chi connectivity index (χ2v) is 3.19. The number of hydrogen-bond acceptors (Lipinski definition) is 3. The average Bonchev–Trinajstić information content (AvgIpc) is 2.13. The van der Waals surface area contributed by atoms with Gasteiger partial charge in [-0.3, -0.25) is 4.79 Å². The van der Waals surface area contributed by atoms with Crippen molar-refractivity contribution in [2.24, 2.45) is 0 Å². The van der Waals surface area contributed by atoms with Crippen LogP contribution in [0.25, 0.3) is 0 Å². The number of cyclic esters (lactones) is 1. The van der Waals surface area contributed by atoms with Crippen LogP contribution < -0.4 is 0 Å². The van der Waals surface area contributed by atoms with Crippen LogP contribution in [0.5, 0.6) is 0 Å². The molecule has 1 rings (SSSR count). The summed E-state index contributed by atoms with van der Waals surface area (Å²) in [5.74, 6) is -0.0469. The summed E-state index contributed by atoms with van der Waals surface area (Å²) in [6, 6.07) is 0.418. The molecule has 3 nitrogen and oxygen atoms in total. The Morgan fingerprint density at radius 3 is 2.91 bits per heavy atom. The van der Waals surface area contributed by atoms with E-state index in [2.05, 4.69) is 4.90 Å². The van der Waals surface area contributed by atoms with E-state index in [1.165, 1.54) is 0 Å². The minimum absolute atomic E-state index is 0.0469. The number of likely N-dealkylation sites (N-methyl/N-ethyl adjacent to an activating group) is 1. The zero-order valence-corrected chi connectivity index (χ0v) is 7.17. The minimum atomic E-state index is -0.0469. The standard InChI is InChI=1S/C8H15NO2/c1-9(2)7-4-3-5-8(10)11-6-7/h7H,3-6H2,1-2H3. The zero-order valence-electron chi connectivity index (χ0n) is 7.17. The molecule has 11 heavy (non-hydrogen) atoms. The van der Waals surface area contributed by atoms with E-state index < -0.39 is 0 Å². The highest BCUT2D eigenvalue weighted by atomic mass is 16.5. The molecule has 0 bridgehead atoms. The molecule has 0 aromatic rings. The predicted molar refractivity (Wildman–Crippen MR) is 42.3 cm³/mol. The lowest BCUT2D eigenvalue weighted by Crippen LogP contribution is -2.31. The fourth-order valence-corrected chi connectivity index (χ4v) is 1.23. The smallest absolute Gasteiger partial charge is 0.305 e. The molecule has 0 aromatic carbocycles. The summed E-state index contributed by atoms with van der Waals surface area (Å²) in [6.45, 7) is 0.561. The van der Waals surface area contributed by atoms with Crippen molar-refractivity contribution < 1.29 is 9.53 Å². The van der Waals surface area contributed by atoms with Crippen molar-refractivity contribution in [3.05, 3.63) is 0 Å². The maximum Gasteiger partial charge on any atom is 0.305 e. The first-order chi connectivity index (χ1) is 5.20. The summed E-state index contributed by atoms with van der Waals surface area (Å²) < 4.78 is 5.00. The van der Waals surface area contributed by atoms with Gasteiger partial charge in [0.15, 0.2) is 0 Å². The quantitative estimate of drug-likeness (QED) is 0.523. The monoisotopic (exact) mass is 157 g/mol. The lowest BCUT2D eigenvalue weighted by atomic mass is 10.1. The Hall–Kier alpha value is -0.570. The van der Waals surface area contributed by atoms with E-state index in [0.29, 0.717) is 19.1 Å². The van der Waals surface area contributed by atoms with Crippen LogP contribution in [0.4, 0.5) is 0 Å². The summed E-state index contributed by atoms with van der Waals surface area (Å²) in [5, 5.41) is 0. The number of nitrogens with zero attached hydrogens (tertiary/aromatic N) is 1. The van der Waals surface area contributed by atoms with Crippen LogP contribution in [0.2, 0.25) is 0 Å². The summed E-state index contributed by atoms with van der Waals surface area (Å²) in [4.78, 5) is 12.9.